The van der Waals surface area contributed by atoms with Gasteiger partial charge in [0.15, 0.2) is 6.61 Å². The van der Waals surface area contributed by atoms with Crippen molar-refractivity contribution in [1.82, 2.24) is 0 Å². The van der Waals surface area contributed by atoms with Crippen molar-refractivity contribution in [2.24, 2.45) is 0 Å². The Kier molecular flexibility index (Phi) is 6.13. The zero-order valence-corrected chi connectivity index (χ0v) is 14.4. The van der Waals surface area contributed by atoms with Gasteiger partial charge in [-0.2, -0.15) is 0 Å². The molecule has 0 saturated carbocycles. The first kappa shape index (κ1) is 17.9. The van der Waals surface area contributed by atoms with E-state index in [-0.39, 0.29) is 15.6 Å². The normalized spacial score (nSPS) is 10.3. The highest BCUT2D eigenvalue weighted by Gasteiger charge is 2.17. The molecule has 0 heterocycles. The number of nitrogens with one attached hydrogen (secondary N) is 1. The van der Waals surface area contributed by atoms with E-state index in [9.17, 15) is 9.59 Å². The molecule has 0 aromatic heterocycles. The van der Waals surface area contributed by atoms with Crippen molar-refractivity contribution >= 4 is 64.0 Å². The van der Waals surface area contributed by atoms with Crippen molar-refractivity contribution < 1.29 is 14.3 Å². The average molecular weight is 393 g/mol. The van der Waals surface area contributed by atoms with Crippen LogP contribution in [0.3, 0.4) is 0 Å². The molecular formula is C15H9Cl4NO3. The van der Waals surface area contributed by atoms with Gasteiger partial charge in [0.05, 0.1) is 26.3 Å². The summed E-state index contributed by atoms with van der Waals surface area (Å²) >= 11 is 23.5. The summed E-state index contributed by atoms with van der Waals surface area (Å²) in [6.07, 6.45) is 0. The number of carbonyl (C=O) groups is 2. The average Bonchev–Trinajstić information content (AvgIpc) is 2.49. The van der Waals surface area contributed by atoms with Crippen LogP contribution >= 0.6 is 46.4 Å². The van der Waals surface area contributed by atoms with E-state index in [1.165, 1.54) is 24.3 Å². The third-order valence-electron chi connectivity index (χ3n) is 2.70. The Morgan fingerprint density at radius 2 is 1.61 bits per heavy atom. The van der Waals surface area contributed by atoms with E-state index in [2.05, 4.69) is 5.32 Å². The molecule has 0 unspecified atom stereocenters. The van der Waals surface area contributed by atoms with Gasteiger partial charge in [-0.25, -0.2) is 4.79 Å². The quantitative estimate of drug-likeness (QED) is 0.736. The smallest absolute Gasteiger partial charge is 0.341 e. The van der Waals surface area contributed by atoms with Crippen molar-refractivity contribution in [2.45, 2.75) is 0 Å². The molecule has 2 aromatic carbocycles. The summed E-state index contributed by atoms with van der Waals surface area (Å²) in [5.74, 6) is -1.38. The molecule has 0 radical (unpaired) electrons. The lowest BCUT2D eigenvalue weighted by molar-refractivity contribution is -0.119. The summed E-state index contributed by atoms with van der Waals surface area (Å²) < 4.78 is 4.90. The number of benzene rings is 2. The molecule has 23 heavy (non-hydrogen) atoms. The molecule has 0 saturated heterocycles. The van der Waals surface area contributed by atoms with Crippen LogP contribution < -0.4 is 5.32 Å². The number of amides is 1. The third kappa shape index (κ3) is 4.75. The highest BCUT2D eigenvalue weighted by molar-refractivity contribution is 6.39. The van der Waals surface area contributed by atoms with Crippen LogP contribution in [0.5, 0.6) is 0 Å². The maximum Gasteiger partial charge on any atom is 0.341 e. The molecule has 2 rings (SSSR count). The van der Waals surface area contributed by atoms with Gasteiger partial charge >= 0.3 is 5.97 Å². The Bertz CT molecular complexity index is 744. The molecule has 0 aliphatic rings. The number of anilines is 1. The summed E-state index contributed by atoms with van der Waals surface area (Å²) in [5.41, 5.74) is 0.320. The first-order chi connectivity index (χ1) is 10.9. The number of hydrogen-bond donors (Lipinski definition) is 1. The SMILES string of the molecule is O=C(COC(=O)c1c(Cl)cccc1Cl)Nc1cc(Cl)ccc1Cl. The molecule has 0 spiro atoms. The molecule has 4 nitrogen and oxygen atoms in total. The van der Waals surface area contributed by atoms with Crippen molar-refractivity contribution in [3.8, 4) is 0 Å². The first-order valence-electron chi connectivity index (χ1n) is 6.24. The van der Waals surface area contributed by atoms with Crippen LogP contribution in [0.4, 0.5) is 5.69 Å². The zero-order valence-electron chi connectivity index (χ0n) is 11.4. The van der Waals surface area contributed by atoms with Gasteiger partial charge in [0.1, 0.15) is 0 Å². The highest BCUT2D eigenvalue weighted by atomic mass is 35.5. The molecule has 0 aliphatic carbocycles. The van der Waals surface area contributed by atoms with E-state index < -0.39 is 18.5 Å². The minimum Gasteiger partial charge on any atom is -0.452 e. The van der Waals surface area contributed by atoms with Gasteiger partial charge in [-0.15, -0.1) is 0 Å². The van der Waals surface area contributed by atoms with E-state index >= 15 is 0 Å². The van der Waals surface area contributed by atoms with E-state index in [4.69, 9.17) is 51.1 Å². The Balaban J connectivity index is 1.99. The summed E-state index contributed by atoms with van der Waals surface area (Å²) in [6, 6.07) is 9.18. The second-order valence-corrected chi connectivity index (χ2v) is 6.00. The predicted molar refractivity (Wildman–Crippen MR) is 91.8 cm³/mol. The van der Waals surface area contributed by atoms with Gasteiger partial charge < -0.3 is 10.1 Å². The lowest BCUT2D eigenvalue weighted by Crippen LogP contribution is -2.21. The molecule has 0 bridgehead atoms. The van der Waals surface area contributed by atoms with Crippen LogP contribution in [0.1, 0.15) is 10.4 Å². The molecule has 1 amide bonds. The summed E-state index contributed by atoms with van der Waals surface area (Å²) in [6.45, 7) is -0.525. The highest BCUT2D eigenvalue weighted by Crippen LogP contribution is 2.26. The van der Waals surface area contributed by atoms with Crippen molar-refractivity contribution in [1.29, 1.82) is 0 Å². The zero-order chi connectivity index (χ0) is 17.0. The first-order valence-corrected chi connectivity index (χ1v) is 7.75. The molecular weight excluding hydrogens is 384 g/mol. The largest absolute Gasteiger partial charge is 0.452 e. The van der Waals surface area contributed by atoms with E-state index in [1.54, 1.807) is 12.1 Å². The van der Waals surface area contributed by atoms with E-state index in [0.717, 1.165) is 0 Å². The van der Waals surface area contributed by atoms with Gasteiger partial charge in [0.25, 0.3) is 5.91 Å². The van der Waals surface area contributed by atoms with Gasteiger partial charge in [-0.1, -0.05) is 52.5 Å². The van der Waals surface area contributed by atoms with Crippen molar-refractivity contribution in [3.63, 3.8) is 0 Å². The lowest BCUT2D eigenvalue weighted by atomic mass is 10.2. The predicted octanol–water partition coefficient (Wildman–Crippen LogP) is 5.10. The Labute approximate surface area is 152 Å². The van der Waals surface area contributed by atoms with Gasteiger partial charge in [-0.3, -0.25) is 4.79 Å². The van der Waals surface area contributed by atoms with Gasteiger partial charge in [0, 0.05) is 5.02 Å². The maximum absolute atomic E-state index is 11.9. The van der Waals surface area contributed by atoms with Crippen LogP contribution in [0.25, 0.3) is 0 Å². The molecule has 0 fully saturated rings. The Morgan fingerprint density at radius 1 is 0.957 bits per heavy atom. The maximum atomic E-state index is 11.9. The fourth-order valence-electron chi connectivity index (χ4n) is 1.68. The number of carbonyl (C=O) groups excluding carboxylic acids is 2. The second-order valence-electron chi connectivity index (χ2n) is 4.35. The van der Waals surface area contributed by atoms with Crippen LogP contribution in [-0.2, 0) is 9.53 Å². The molecule has 2 aromatic rings. The summed E-state index contributed by atoms with van der Waals surface area (Å²) in [4.78, 5) is 23.8. The van der Waals surface area contributed by atoms with E-state index in [1.807, 2.05) is 0 Å². The Morgan fingerprint density at radius 3 is 2.26 bits per heavy atom. The van der Waals surface area contributed by atoms with Gasteiger partial charge in [-0.05, 0) is 30.3 Å². The van der Waals surface area contributed by atoms with Crippen LogP contribution in [-0.4, -0.2) is 18.5 Å². The Hall–Kier alpha value is -1.46. The number of hydrogen-bond acceptors (Lipinski definition) is 3. The lowest BCUT2D eigenvalue weighted by Gasteiger charge is -2.09. The number of esters is 1. The minimum atomic E-state index is -0.798. The van der Waals surface area contributed by atoms with Crippen molar-refractivity contribution in [3.05, 3.63) is 62.1 Å². The fourth-order valence-corrected chi connectivity index (χ4v) is 2.56. The number of rotatable bonds is 4. The van der Waals surface area contributed by atoms with Gasteiger partial charge in [0.2, 0.25) is 0 Å². The summed E-state index contributed by atoms with van der Waals surface area (Å²) in [7, 11) is 0. The molecule has 8 heteroatoms. The minimum absolute atomic E-state index is 0.00409. The number of halogens is 4. The molecule has 0 aliphatic heterocycles. The summed E-state index contributed by atoms with van der Waals surface area (Å²) in [5, 5.41) is 3.48. The van der Waals surface area contributed by atoms with Crippen molar-refractivity contribution in [2.75, 3.05) is 11.9 Å². The van der Waals surface area contributed by atoms with Crippen LogP contribution in [0, 0.1) is 0 Å². The van der Waals surface area contributed by atoms with E-state index in [0.29, 0.717) is 15.7 Å². The second kappa shape index (κ2) is 7.88. The van der Waals surface area contributed by atoms with Crippen LogP contribution in [0.15, 0.2) is 36.4 Å². The fraction of sp³-hybridized carbons (Fsp3) is 0.0667. The number of ether oxygens (including phenoxy) is 1. The van der Waals surface area contributed by atoms with Crippen LogP contribution in [0.2, 0.25) is 20.1 Å². The standard InChI is InChI=1S/C15H9Cl4NO3/c16-8-4-5-9(17)12(6-8)20-13(21)7-23-15(22)14-10(18)2-1-3-11(14)19/h1-6H,7H2,(H,20,21). The molecule has 1 N–H and O–H groups in total. The molecule has 120 valence electrons. The monoisotopic (exact) mass is 391 g/mol. The third-order valence-corrected chi connectivity index (χ3v) is 3.90. The molecule has 0 atom stereocenters. The topological polar surface area (TPSA) is 55.4 Å².